The molecule has 74 valence electrons. The molecule has 1 aromatic rings. The normalized spacial score (nSPS) is 9.14. The van der Waals surface area contributed by atoms with Crippen LogP contribution < -0.4 is 21.5 Å². The Bertz CT molecular complexity index is 330. The molecule has 0 saturated heterocycles. The molecular weight excluding hydrogens is 186 g/mol. The molecule has 0 spiro atoms. The molecule has 1 aromatic carbocycles. The van der Waals surface area contributed by atoms with E-state index in [-0.39, 0.29) is 5.75 Å². The fourth-order valence-electron chi connectivity index (χ4n) is 0.900. The number of benzene rings is 1. The first kappa shape index (κ1) is 9.85. The van der Waals surface area contributed by atoms with Gasteiger partial charge in [-0.1, -0.05) is 12.1 Å². The van der Waals surface area contributed by atoms with Crippen LogP contribution in [0.2, 0.25) is 0 Å². The molecule has 0 radical (unpaired) electrons. The Balaban J connectivity index is 2.90. The highest BCUT2D eigenvalue weighted by molar-refractivity contribution is 5.90. The highest BCUT2D eigenvalue weighted by Gasteiger charge is 2.06. The van der Waals surface area contributed by atoms with Crippen LogP contribution in [-0.2, 0) is 0 Å². The van der Waals surface area contributed by atoms with Crippen molar-refractivity contribution < 1.29 is 14.3 Å². The van der Waals surface area contributed by atoms with E-state index in [4.69, 9.17) is 11.5 Å². The number of nitrogens with two attached hydrogens (primary N) is 2. The highest BCUT2D eigenvalue weighted by Crippen LogP contribution is 2.23. The van der Waals surface area contributed by atoms with Gasteiger partial charge in [0.1, 0.15) is 0 Å². The van der Waals surface area contributed by atoms with Gasteiger partial charge in [-0.15, -0.1) is 0 Å². The van der Waals surface area contributed by atoms with Crippen LogP contribution in [0.4, 0.5) is 15.3 Å². The van der Waals surface area contributed by atoms with E-state index in [2.05, 4.69) is 10.1 Å². The van der Waals surface area contributed by atoms with Gasteiger partial charge in [-0.3, -0.25) is 0 Å². The topological polar surface area (TPSA) is 107 Å². The second kappa shape index (κ2) is 4.13. The number of anilines is 1. The molecule has 0 saturated carbocycles. The molecule has 0 aliphatic carbocycles. The van der Waals surface area contributed by atoms with Crippen molar-refractivity contribution in [2.45, 2.75) is 0 Å². The van der Waals surface area contributed by atoms with Gasteiger partial charge in [-0.05, 0) is 12.1 Å². The summed E-state index contributed by atoms with van der Waals surface area (Å²) in [5.41, 5.74) is 10.0. The lowest BCUT2D eigenvalue weighted by atomic mass is 10.3. The molecule has 3 amide bonds. The van der Waals surface area contributed by atoms with Gasteiger partial charge in [0.2, 0.25) is 0 Å². The standard InChI is InChI=1S/C8H9N3O3/c9-7(12)11-5-3-1-2-4-6(5)14-8(10)13/h1-4H,(H2,10,13)(H3,9,11,12). The predicted octanol–water partition coefficient (Wildman–Crippen LogP) is 0.635. The Labute approximate surface area is 79.8 Å². The quantitative estimate of drug-likeness (QED) is 0.644. The van der Waals surface area contributed by atoms with Crippen molar-refractivity contribution in [3.63, 3.8) is 0 Å². The van der Waals surface area contributed by atoms with Crippen LogP contribution in [0.1, 0.15) is 0 Å². The lowest BCUT2D eigenvalue weighted by Crippen LogP contribution is -2.21. The summed E-state index contributed by atoms with van der Waals surface area (Å²) in [6, 6.07) is 5.55. The van der Waals surface area contributed by atoms with Crippen molar-refractivity contribution >= 4 is 17.8 Å². The summed E-state index contributed by atoms with van der Waals surface area (Å²) >= 11 is 0. The van der Waals surface area contributed by atoms with E-state index in [1.165, 1.54) is 12.1 Å². The van der Waals surface area contributed by atoms with Gasteiger partial charge in [-0.25, -0.2) is 9.59 Å². The molecule has 0 bridgehead atoms. The first-order valence-electron chi connectivity index (χ1n) is 3.72. The van der Waals surface area contributed by atoms with Gasteiger partial charge >= 0.3 is 12.1 Å². The van der Waals surface area contributed by atoms with E-state index in [1.807, 2.05) is 0 Å². The maximum Gasteiger partial charge on any atom is 0.410 e. The van der Waals surface area contributed by atoms with Crippen LogP contribution in [0.5, 0.6) is 5.75 Å². The maximum atomic E-state index is 10.5. The Morgan fingerprint density at radius 3 is 2.43 bits per heavy atom. The zero-order chi connectivity index (χ0) is 10.6. The maximum absolute atomic E-state index is 10.5. The number of primary amides is 2. The van der Waals surface area contributed by atoms with E-state index < -0.39 is 12.1 Å². The molecule has 0 fully saturated rings. The number of para-hydroxylation sites is 2. The molecule has 14 heavy (non-hydrogen) atoms. The fourth-order valence-corrected chi connectivity index (χ4v) is 0.900. The molecule has 5 N–H and O–H groups in total. The SMILES string of the molecule is NC(=O)Nc1ccccc1OC(N)=O. The number of amides is 3. The molecule has 0 aromatic heterocycles. The van der Waals surface area contributed by atoms with Gasteiger partial charge < -0.3 is 21.5 Å². The number of ether oxygens (including phenoxy) is 1. The number of nitrogens with one attached hydrogen (secondary N) is 1. The van der Waals surface area contributed by atoms with Gasteiger partial charge in [0.15, 0.2) is 5.75 Å². The molecule has 6 heteroatoms. The van der Waals surface area contributed by atoms with E-state index in [1.54, 1.807) is 12.1 Å². The van der Waals surface area contributed by atoms with Crippen molar-refractivity contribution in [3.05, 3.63) is 24.3 Å². The predicted molar refractivity (Wildman–Crippen MR) is 49.9 cm³/mol. The van der Waals surface area contributed by atoms with Crippen LogP contribution in [0.15, 0.2) is 24.3 Å². The molecular formula is C8H9N3O3. The molecule has 0 aliphatic rings. The van der Waals surface area contributed by atoms with Crippen LogP contribution >= 0.6 is 0 Å². The van der Waals surface area contributed by atoms with Gasteiger partial charge in [-0.2, -0.15) is 0 Å². The number of hydrogen-bond donors (Lipinski definition) is 3. The third-order valence-electron chi connectivity index (χ3n) is 1.36. The van der Waals surface area contributed by atoms with Gasteiger partial charge in [0.05, 0.1) is 5.69 Å². The van der Waals surface area contributed by atoms with Crippen molar-refractivity contribution in [2.24, 2.45) is 11.5 Å². The lowest BCUT2D eigenvalue weighted by molar-refractivity contribution is 0.211. The second-order valence-corrected chi connectivity index (χ2v) is 2.41. The summed E-state index contributed by atoms with van der Waals surface area (Å²) in [7, 11) is 0. The Hall–Kier alpha value is -2.24. The van der Waals surface area contributed by atoms with E-state index in [9.17, 15) is 9.59 Å². The van der Waals surface area contributed by atoms with Crippen LogP contribution in [0.25, 0.3) is 0 Å². The summed E-state index contributed by atoms with van der Waals surface area (Å²) in [5.74, 6) is 0.152. The van der Waals surface area contributed by atoms with Crippen molar-refractivity contribution in [1.82, 2.24) is 0 Å². The fraction of sp³-hybridized carbons (Fsp3) is 0. The number of carbonyl (C=O) groups excluding carboxylic acids is 2. The summed E-state index contributed by atoms with van der Waals surface area (Å²) in [4.78, 5) is 21.0. The average Bonchev–Trinajstić information content (AvgIpc) is 2.06. The number of hydrogen-bond acceptors (Lipinski definition) is 3. The molecule has 1 rings (SSSR count). The average molecular weight is 195 g/mol. The third-order valence-corrected chi connectivity index (χ3v) is 1.36. The van der Waals surface area contributed by atoms with Crippen molar-refractivity contribution in [1.29, 1.82) is 0 Å². The monoisotopic (exact) mass is 195 g/mol. The van der Waals surface area contributed by atoms with E-state index in [0.29, 0.717) is 5.69 Å². The smallest absolute Gasteiger partial charge is 0.408 e. The highest BCUT2D eigenvalue weighted by atomic mass is 16.5. The molecule has 0 heterocycles. The molecule has 6 nitrogen and oxygen atoms in total. The first-order chi connectivity index (χ1) is 6.59. The summed E-state index contributed by atoms with van der Waals surface area (Å²) in [6.45, 7) is 0. The first-order valence-corrected chi connectivity index (χ1v) is 3.72. The van der Waals surface area contributed by atoms with E-state index >= 15 is 0 Å². The van der Waals surface area contributed by atoms with Crippen LogP contribution in [0.3, 0.4) is 0 Å². The lowest BCUT2D eigenvalue weighted by Gasteiger charge is -2.07. The number of carbonyl (C=O) groups is 2. The molecule has 0 aliphatic heterocycles. The third kappa shape index (κ3) is 2.67. The largest absolute Gasteiger partial charge is 0.410 e. The van der Waals surface area contributed by atoms with E-state index in [0.717, 1.165) is 0 Å². The minimum Gasteiger partial charge on any atom is -0.408 e. The second-order valence-electron chi connectivity index (χ2n) is 2.41. The van der Waals surface area contributed by atoms with Gasteiger partial charge in [0.25, 0.3) is 0 Å². The minimum atomic E-state index is -0.955. The van der Waals surface area contributed by atoms with Crippen molar-refractivity contribution in [3.8, 4) is 5.75 Å². The Kier molecular flexibility index (Phi) is 2.90. The van der Waals surface area contributed by atoms with Crippen LogP contribution in [0, 0.1) is 0 Å². The van der Waals surface area contributed by atoms with Crippen molar-refractivity contribution in [2.75, 3.05) is 5.32 Å². The Morgan fingerprint density at radius 1 is 1.21 bits per heavy atom. The Morgan fingerprint density at radius 2 is 1.86 bits per heavy atom. The minimum absolute atomic E-state index is 0.152. The van der Waals surface area contributed by atoms with Crippen LogP contribution in [-0.4, -0.2) is 12.1 Å². The molecule has 0 unspecified atom stereocenters. The van der Waals surface area contributed by atoms with Gasteiger partial charge in [0, 0.05) is 0 Å². The zero-order valence-corrected chi connectivity index (χ0v) is 7.19. The molecule has 0 atom stereocenters. The summed E-state index contributed by atoms with van der Waals surface area (Å²) in [6.07, 6.45) is -0.955. The number of rotatable bonds is 2. The number of urea groups is 1. The summed E-state index contributed by atoms with van der Waals surface area (Å²) in [5, 5.41) is 2.28. The zero-order valence-electron chi connectivity index (χ0n) is 7.19. The summed E-state index contributed by atoms with van der Waals surface area (Å²) < 4.78 is 4.61.